The lowest BCUT2D eigenvalue weighted by Crippen LogP contribution is -2.08. The van der Waals surface area contributed by atoms with E-state index in [4.69, 9.17) is 4.74 Å². The van der Waals surface area contributed by atoms with Crippen LogP contribution in [0.5, 0.6) is 0 Å². The number of nitrogens with zero attached hydrogens (tertiary/aromatic N) is 2. The van der Waals surface area contributed by atoms with E-state index in [-0.39, 0.29) is 12.3 Å². The molecule has 5 nitrogen and oxygen atoms in total. The molecule has 2 aromatic rings. The maximum Gasteiger partial charge on any atom is 0.357 e. The number of pyridine rings is 1. The van der Waals surface area contributed by atoms with Crippen molar-refractivity contribution in [3.05, 3.63) is 29.7 Å². The third kappa shape index (κ3) is 1.97. The molecule has 5 heteroatoms. The van der Waals surface area contributed by atoms with E-state index < -0.39 is 5.97 Å². The van der Waals surface area contributed by atoms with Gasteiger partial charge in [-0.05, 0) is 19.9 Å². The minimum Gasteiger partial charge on any atom is -0.461 e. The smallest absolute Gasteiger partial charge is 0.357 e. The van der Waals surface area contributed by atoms with Crippen LogP contribution in [0.4, 0.5) is 0 Å². The molecule has 0 saturated carbocycles. The van der Waals surface area contributed by atoms with Crippen molar-refractivity contribution < 1.29 is 14.6 Å². The molecule has 0 fully saturated rings. The van der Waals surface area contributed by atoms with Gasteiger partial charge in [-0.3, -0.25) is 0 Å². The van der Waals surface area contributed by atoms with Crippen molar-refractivity contribution >= 4 is 16.9 Å². The van der Waals surface area contributed by atoms with Crippen LogP contribution in [0.25, 0.3) is 10.9 Å². The first-order chi connectivity index (χ1) is 8.72. The Morgan fingerprint density at radius 2 is 2.28 bits per heavy atom. The molecule has 0 atom stereocenters. The number of hydrogen-bond donors (Lipinski definition) is 1. The van der Waals surface area contributed by atoms with Gasteiger partial charge >= 0.3 is 5.97 Å². The van der Waals surface area contributed by atoms with Gasteiger partial charge in [-0.1, -0.05) is 0 Å². The lowest BCUT2D eigenvalue weighted by atomic mass is 10.1. The van der Waals surface area contributed by atoms with Crippen molar-refractivity contribution in [1.29, 1.82) is 0 Å². The first-order valence-electron chi connectivity index (χ1n) is 5.97. The van der Waals surface area contributed by atoms with Gasteiger partial charge in [-0.25, -0.2) is 9.78 Å². The van der Waals surface area contributed by atoms with E-state index in [1.165, 1.54) is 0 Å². The van der Waals surface area contributed by atoms with Gasteiger partial charge in [0.2, 0.25) is 0 Å². The van der Waals surface area contributed by atoms with Crippen molar-refractivity contribution in [2.24, 2.45) is 0 Å². The third-order valence-electron chi connectivity index (χ3n) is 2.85. The largest absolute Gasteiger partial charge is 0.461 e. The molecule has 18 heavy (non-hydrogen) atoms. The fraction of sp³-hybridized carbons (Fsp3) is 0.385. The Labute approximate surface area is 105 Å². The van der Waals surface area contributed by atoms with E-state index >= 15 is 0 Å². The van der Waals surface area contributed by atoms with Crippen LogP contribution in [0.15, 0.2) is 18.5 Å². The van der Waals surface area contributed by atoms with Gasteiger partial charge < -0.3 is 14.4 Å². The molecule has 0 radical (unpaired) electrons. The molecule has 96 valence electrons. The average molecular weight is 248 g/mol. The van der Waals surface area contributed by atoms with E-state index in [2.05, 4.69) is 4.98 Å². The number of carbonyl (C=O) groups excluding carboxylic acids is 1. The fourth-order valence-corrected chi connectivity index (χ4v) is 2.07. The molecular weight excluding hydrogens is 232 g/mol. The van der Waals surface area contributed by atoms with E-state index in [9.17, 15) is 9.90 Å². The summed E-state index contributed by atoms with van der Waals surface area (Å²) in [6.45, 7) is 4.71. The monoisotopic (exact) mass is 248 g/mol. The molecular formula is C13H16N2O3. The number of rotatable bonds is 4. The first kappa shape index (κ1) is 12.6. The Bertz CT molecular complexity index is 575. The number of aliphatic hydroxyl groups is 1. The Hall–Kier alpha value is -1.88. The Morgan fingerprint density at radius 1 is 1.50 bits per heavy atom. The normalized spacial score (nSPS) is 10.8. The van der Waals surface area contributed by atoms with E-state index in [1.54, 1.807) is 13.1 Å². The van der Waals surface area contributed by atoms with Crippen LogP contribution in [-0.4, -0.2) is 27.2 Å². The van der Waals surface area contributed by atoms with Crippen molar-refractivity contribution in [2.45, 2.75) is 27.0 Å². The van der Waals surface area contributed by atoms with Crippen LogP contribution in [0, 0.1) is 0 Å². The molecule has 0 bridgehead atoms. The molecule has 0 amide bonds. The Balaban J connectivity index is 2.67. The summed E-state index contributed by atoms with van der Waals surface area (Å²) in [7, 11) is 0. The number of hydrogen-bond acceptors (Lipinski definition) is 4. The van der Waals surface area contributed by atoms with Crippen LogP contribution >= 0.6 is 0 Å². The summed E-state index contributed by atoms with van der Waals surface area (Å²) < 4.78 is 6.96. The molecule has 0 aliphatic heterocycles. The molecule has 0 spiro atoms. The fourth-order valence-electron chi connectivity index (χ4n) is 2.07. The van der Waals surface area contributed by atoms with Crippen LogP contribution in [0.2, 0.25) is 0 Å². The predicted octanol–water partition coefficient (Wildman–Crippen LogP) is 1.73. The SMILES string of the molecule is CCOC(=O)c1nccc2c1c(CO)cn2CC. The molecule has 1 N–H and O–H groups in total. The number of ether oxygens (including phenoxy) is 1. The summed E-state index contributed by atoms with van der Waals surface area (Å²) in [5.74, 6) is -0.452. The van der Waals surface area contributed by atoms with Crippen LogP contribution < -0.4 is 0 Å². The number of fused-ring (bicyclic) bond motifs is 1. The quantitative estimate of drug-likeness (QED) is 0.837. The van der Waals surface area contributed by atoms with Crippen molar-refractivity contribution in [1.82, 2.24) is 9.55 Å². The summed E-state index contributed by atoms with van der Waals surface area (Å²) in [6.07, 6.45) is 3.43. The molecule has 0 aromatic carbocycles. The number of aryl methyl sites for hydroxylation is 1. The highest BCUT2D eigenvalue weighted by Gasteiger charge is 2.18. The van der Waals surface area contributed by atoms with Crippen LogP contribution in [0.1, 0.15) is 29.9 Å². The van der Waals surface area contributed by atoms with Crippen LogP contribution in [0.3, 0.4) is 0 Å². The van der Waals surface area contributed by atoms with Gasteiger partial charge in [0.1, 0.15) is 0 Å². The zero-order valence-electron chi connectivity index (χ0n) is 10.5. The highest BCUT2D eigenvalue weighted by molar-refractivity contribution is 6.03. The molecule has 0 aliphatic rings. The maximum absolute atomic E-state index is 11.8. The zero-order chi connectivity index (χ0) is 13.1. The molecule has 2 heterocycles. The van der Waals surface area contributed by atoms with E-state index in [0.29, 0.717) is 17.6 Å². The first-order valence-corrected chi connectivity index (χ1v) is 5.97. The predicted molar refractivity (Wildman–Crippen MR) is 67.3 cm³/mol. The topological polar surface area (TPSA) is 64.3 Å². The molecule has 2 rings (SSSR count). The summed E-state index contributed by atoms with van der Waals surface area (Å²) >= 11 is 0. The minimum absolute atomic E-state index is 0.123. The lowest BCUT2D eigenvalue weighted by Gasteiger charge is -2.04. The molecule has 0 unspecified atom stereocenters. The number of carbonyl (C=O) groups is 1. The summed E-state index contributed by atoms with van der Waals surface area (Å²) in [5, 5.41) is 10.1. The van der Waals surface area contributed by atoms with E-state index in [1.807, 2.05) is 23.8 Å². The second-order valence-electron chi connectivity index (χ2n) is 3.87. The average Bonchev–Trinajstić information content (AvgIpc) is 2.76. The van der Waals surface area contributed by atoms with Gasteiger partial charge in [0.15, 0.2) is 5.69 Å². The molecule has 0 aliphatic carbocycles. The van der Waals surface area contributed by atoms with Gasteiger partial charge in [-0.2, -0.15) is 0 Å². The number of aromatic nitrogens is 2. The van der Waals surface area contributed by atoms with Crippen molar-refractivity contribution in [2.75, 3.05) is 6.61 Å². The standard InChI is InChI=1S/C13H16N2O3/c1-3-15-7-9(8-16)11-10(15)5-6-14-12(11)13(17)18-4-2/h5-7,16H,3-4,8H2,1-2H3. The minimum atomic E-state index is -0.452. The highest BCUT2D eigenvalue weighted by Crippen LogP contribution is 2.24. The Kier molecular flexibility index (Phi) is 3.62. The van der Waals surface area contributed by atoms with Crippen LogP contribution in [-0.2, 0) is 17.9 Å². The summed E-state index contributed by atoms with van der Waals surface area (Å²) in [5.41, 5.74) is 1.85. The van der Waals surface area contributed by atoms with Gasteiger partial charge in [0.05, 0.1) is 18.7 Å². The maximum atomic E-state index is 11.8. The highest BCUT2D eigenvalue weighted by atomic mass is 16.5. The third-order valence-corrected chi connectivity index (χ3v) is 2.85. The van der Waals surface area contributed by atoms with E-state index in [0.717, 1.165) is 12.1 Å². The molecule has 2 aromatic heterocycles. The summed E-state index contributed by atoms with van der Waals surface area (Å²) in [4.78, 5) is 15.9. The molecule has 0 saturated heterocycles. The van der Waals surface area contributed by atoms with Gasteiger partial charge in [0, 0.05) is 29.9 Å². The second-order valence-corrected chi connectivity index (χ2v) is 3.87. The lowest BCUT2D eigenvalue weighted by molar-refractivity contribution is 0.0522. The number of aliphatic hydroxyl groups excluding tert-OH is 1. The Morgan fingerprint density at radius 3 is 2.89 bits per heavy atom. The van der Waals surface area contributed by atoms with Crippen molar-refractivity contribution in [3.63, 3.8) is 0 Å². The zero-order valence-corrected chi connectivity index (χ0v) is 10.5. The van der Waals surface area contributed by atoms with Gasteiger partial charge in [0.25, 0.3) is 0 Å². The second kappa shape index (κ2) is 5.18. The van der Waals surface area contributed by atoms with Gasteiger partial charge in [-0.15, -0.1) is 0 Å². The summed E-state index contributed by atoms with van der Waals surface area (Å²) in [6, 6.07) is 1.83. The number of esters is 1. The van der Waals surface area contributed by atoms with Crippen molar-refractivity contribution in [3.8, 4) is 0 Å².